The molecule has 150 valence electrons. The molecule has 0 aromatic heterocycles. The van der Waals surface area contributed by atoms with Crippen LogP contribution in [0.25, 0.3) is 0 Å². The molecule has 0 saturated carbocycles. The predicted octanol–water partition coefficient (Wildman–Crippen LogP) is 1.24. The number of likely N-dealkylation sites (tertiary alicyclic amines) is 1. The lowest BCUT2D eigenvalue weighted by molar-refractivity contribution is 0.0618. The molecule has 2 aliphatic rings. The molecule has 28 heavy (non-hydrogen) atoms. The zero-order valence-corrected chi connectivity index (χ0v) is 16.7. The lowest BCUT2D eigenvalue weighted by Crippen LogP contribution is -2.54. The van der Waals surface area contributed by atoms with Crippen molar-refractivity contribution in [1.29, 1.82) is 0 Å². The van der Waals surface area contributed by atoms with Crippen LogP contribution < -0.4 is 0 Å². The number of sulfonamides is 1. The highest BCUT2D eigenvalue weighted by molar-refractivity contribution is 7.89. The number of aliphatic hydroxyl groups excluding tert-OH is 1. The van der Waals surface area contributed by atoms with Gasteiger partial charge in [-0.05, 0) is 17.7 Å². The van der Waals surface area contributed by atoms with Crippen LogP contribution >= 0.6 is 0 Å². The van der Waals surface area contributed by atoms with Crippen LogP contribution in [0.5, 0.6) is 0 Å². The Morgan fingerprint density at radius 1 is 0.857 bits per heavy atom. The number of piperazine rings is 1. The van der Waals surface area contributed by atoms with E-state index in [2.05, 4.69) is 21.9 Å². The normalized spacial score (nSPS) is 25.2. The van der Waals surface area contributed by atoms with Gasteiger partial charge < -0.3 is 5.11 Å². The van der Waals surface area contributed by atoms with Gasteiger partial charge in [0.2, 0.25) is 10.0 Å². The van der Waals surface area contributed by atoms with Crippen molar-refractivity contribution in [3.05, 3.63) is 66.2 Å². The monoisotopic (exact) mass is 401 g/mol. The van der Waals surface area contributed by atoms with Crippen molar-refractivity contribution in [1.82, 2.24) is 14.1 Å². The molecule has 0 bridgehead atoms. The Hall–Kier alpha value is -1.77. The average Bonchev–Trinajstić information content (AvgIpc) is 3.09. The highest BCUT2D eigenvalue weighted by Crippen LogP contribution is 2.22. The van der Waals surface area contributed by atoms with Crippen molar-refractivity contribution >= 4 is 10.0 Å². The molecule has 7 heteroatoms. The molecule has 2 heterocycles. The first-order chi connectivity index (χ1) is 13.5. The van der Waals surface area contributed by atoms with Crippen molar-refractivity contribution in [2.24, 2.45) is 0 Å². The van der Waals surface area contributed by atoms with Crippen molar-refractivity contribution in [2.45, 2.75) is 23.6 Å². The van der Waals surface area contributed by atoms with Gasteiger partial charge in [0.05, 0.1) is 11.0 Å². The van der Waals surface area contributed by atoms with E-state index in [0.29, 0.717) is 37.6 Å². The maximum atomic E-state index is 12.8. The van der Waals surface area contributed by atoms with Crippen LogP contribution in [-0.2, 0) is 16.6 Å². The molecule has 6 nitrogen and oxygen atoms in total. The summed E-state index contributed by atoms with van der Waals surface area (Å²) >= 11 is 0. The molecule has 0 spiro atoms. The zero-order valence-electron chi connectivity index (χ0n) is 15.9. The van der Waals surface area contributed by atoms with Gasteiger partial charge in [-0.1, -0.05) is 48.5 Å². The summed E-state index contributed by atoms with van der Waals surface area (Å²) in [6.07, 6.45) is -0.402. The minimum atomic E-state index is -3.44. The predicted molar refractivity (Wildman–Crippen MR) is 108 cm³/mol. The number of benzene rings is 2. The number of rotatable bonds is 5. The molecule has 2 aromatic rings. The fourth-order valence-corrected chi connectivity index (χ4v) is 5.64. The Morgan fingerprint density at radius 3 is 2.11 bits per heavy atom. The smallest absolute Gasteiger partial charge is 0.243 e. The van der Waals surface area contributed by atoms with Gasteiger partial charge in [-0.2, -0.15) is 4.31 Å². The highest BCUT2D eigenvalue weighted by Gasteiger charge is 2.38. The van der Waals surface area contributed by atoms with Gasteiger partial charge in [0.25, 0.3) is 0 Å². The van der Waals surface area contributed by atoms with Crippen LogP contribution in [0.4, 0.5) is 0 Å². The summed E-state index contributed by atoms with van der Waals surface area (Å²) in [6, 6.07) is 18.9. The van der Waals surface area contributed by atoms with Crippen molar-refractivity contribution in [3.63, 3.8) is 0 Å². The van der Waals surface area contributed by atoms with E-state index in [4.69, 9.17) is 0 Å². The molecular formula is C21H27N3O3S. The fourth-order valence-electron chi connectivity index (χ4n) is 4.19. The van der Waals surface area contributed by atoms with Crippen molar-refractivity contribution < 1.29 is 13.5 Å². The van der Waals surface area contributed by atoms with Crippen LogP contribution in [-0.4, -0.2) is 79.0 Å². The SMILES string of the molecule is O=S(=O)(c1ccccc1)N1CCN([C@@H]2CN(Cc3ccccc3)C[C@H]2O)CC1. The summed E-state index contributed by atoms with van der Waals surface area (Å²) < 4.78 is 27.1. The summed E-state index contributed by atoms with van der Waals surface area (Å²) in [5.74, 6) is 0. The van der Waals surface area contributed by atoms with E-state index >= 15 is 0 Å². The summed E-state index contributed by atoms with van der Waals surface area (Å²) in [5, 5.41) is 10.6. The van der Waals surface area contributed by atoms with Gasteiger partial charge in [0.15, 0.2) is 0 Å². The zero-order chi connectivity index (χ0) is 19.6. The van der Waals surface area contributed by atoms with E-state index in [1.165, 1.54) is 5.56 Å². The molecule has 0 amide bonds. The minimum Gasteiger partial charge on any atom is -0.390 e. The lowest BCUT2D eigenvalue weighted by atomic mass is 10.1. The molecule has 2 aliphatic heterocycles. The molecular weight excluding hydrogens is 374 g/mol. The third kappa shape index (κ3) is 4.14. The number of hydrogen-bond donors (Lipinski definition) is 1. The Morgan fingerprint density at radius 2 is 1.46 bits per heavy atom. The first-order valence-corrected chi connectivity index (χ1v) is 11.2. The van der Waals surface area contributed by atoms with Crippen LogP contribution in [0, 0.1) is 0 Å². The standard InChI is InChI=1S/C21H27N3O3S/c25-21-17-22(15-18-7-3-1-4-8-18)16-20(21)23-11-13-24(14-12-23)28(26,27)19-9-5-2-6-10-19/h1-10,20-21,25H,11-17H2/t20-,21-/m1/s1. The summed E-state index contributed by atoms with van der Waals surface area (Å²) in [6.45, 7) is 4.50. The first-order valence-electron chi connectivity index (χ1n) is 9.77. The number of β-amino-alcohol motifs (C(OH)–C–C–N with tert-alkyl or cyclic N) is 1. The summed E-state index contributed by atoms with van der Waals surface area (Å²) in [4.78, 5) is 4.86. The first kappa shape index (κ1) is 19.5. The van der Waals surface area contributed by atoms with Gasteiger partial charge in [-0.25, -0.2) is 8.42 Å². The third-order valence-electron chi connectivity index (χ3n) is 5.71. The van der Waals surface area contributed by atoms with E-state index in [1.54, 1.807) is 28.6 Å². The molecule has 2 saturated heterocycles. The van der Waals surface area contributed by atoms with Crippen molar-refractivity contribution in [2.75, 3.05) is 39.3 Å². The number of nitrogens with zero attached hydrogens (tertiary/aromatic N) is 3. The second-order valence-electron chi connectivity index (χ2n) is 7.57. The number of hydrogen-bond acceptors (Lipinski definition) is 5. The molecule has 0 radical (unpaired) electrons. The molecule has 4 rings (SSSR count). The Balaban J connectivity index is 1.35. The maximum absolute atomic E-state index is 12.8. The van der Waals surface area contributed by atoms with Gasteiger partial charge in [0, 0.05) is 51.9 Å². The van der Waals surface area contributed by atoms with E-state index in [-0.39, 0.29) is 6.04 Å². The third-order valence-corrected chi connectivity index (χ3v) is 7.62. The molecule has 2 aromatic carbocycles. The average molecular weight is 402 g/mol. The second kappa shape index (κ2) is 8.31. The number of aliphatic hydroxyl groups is 1. The topological polar surface area (TPSA) is 64.1 Å². The Bertz CT molecular complexity index is 868. The maximum Gasteiger partial charge on any atom is 0.243 e. The molecule has 2 atom stereocenters. The summed E-state index contributed by atoms with van der Waals surface area (Å²) in [7, 11) is -3.44. The quantitative estimate of drug-likeness (QED) is 0.817. The van der Waals surface area contributed by atoms with Crippen molar-refractivity contribution in [3.8, 4) is 0 Å². The van der Waals surface area contributed by atoms with Crippen LogP contribution in [0.2, 0.25) is 0 Å². The second-order valence-corrected chi connectivity index (χ2v) is 9.51. The molecule has 0 aliphatic carbocycles. The Kier molecular flexibility index (Phi) is 5.80. The van der Waals surface area contributed by atoms with Crippen LogP contribution in [0.15, 0.2) is 65.6 Å². The van der Waals surface area contributed by atoms with Crippen LogP contribution in [0.3, 0.4) is 0 Å². The van der Waals surface area contributed by atoms with E-state index in [0.717, 1.165) is 13.1 Å². The van der Waals surface area contributed by atoms with Gasteiger partial charge in [-0.3, -0.25) is 9.80 Å². The highest BCUT2D eigenvalue weighted by atomic mass is 32.2. The largest absolute Gasteiger partial charge is 0.390 e. The molecule has 2 fully saturated rings. The summed E-state index contributed by atoms with van der Waals surface area (Å²) in [5.41, 5.74) is 1.24. The van der Waals surface area contributed by atoms with Gasteiger partial charge >= 0.3 is 0 Å². The molecule has 0 unspecified atom stereocenters. The van der Waals surface area contributed by atoms with Gasteiger partial charge in [0.1, 0.15) is 0 Å². The van der Waals surface area contributed by atoms with E-state index in [1.807, 2.05) is 24.3 Å². The van der Waals surface area contributed by atoms with Gasteiger partial charge in [-0.15, -0.1) is 0 Å². The minimum absolute atomic E-state index is 0.0605. The lowest BCUT2D eigenvalue weighted by Gasteiger charge is -2.38. The van der Waals surface area contributed by atoms with Crippen LogP contribution in [0.1, 0.15) is 5.56 Å². The Labute approximate surface area is 167 Å². The van der Waals surface area contributed by atoms with E-state index in [9.17, 15) is 13.5 Å². The van der Waals surface area contributed by atoms with E-state index < -0.39 is 16.1 Å². The fraction of sp³-hybridized carbons (Fsp3) is 0.429. The molecule has 1 N–H and O–H groups in total.